The maximum atomic E-state index is 5.75. The zero-order valence-corrected chi connectivity index (χ0v) is 7.47. The molecule has 11 heavy (non-hydrogen) atoms. The second-order valence-corrected chi connectivity index (χ2v) is 3.27. The molecule has 0 aliphatic rings. The number of imidazole rings is 1. The topological polar surface area (TPSA) is 29.9 Å². The van der Waals surface area contributed by atoms with Crippen LogP contribution in [-0.4, -0.2) is 21.5 Å². The van der Waals surface area contributed by atoms with Gasteiger partial charge in [-0.1, -0.05) is 0 Å². The number of nitrogens with one attached hydrogen (secondary N) is 1. The minimum Gasteiger partial charge on any atom is -0.354 e. The van der Waals surface area contributed by atoms with Crippen molar-refractivity contribution in [3.05, 3.63) is 12.4 Å². The monoisotopic (exact) mass is 173 g/mol. The summed E-state index contributed by atoms with van der Waals surface area (Å²) in [5.74, 6) is 0.859. The molecule has 0 aliphatic carbocycles. The van der Waals surface area contributed by atoms with Crippen LogP contribution in [0.2, 0.25) is 0 Å². The first-order chi connectivity index (χ1) is 5.20. The first-order valence-corrected chi connectivity index (χ1v) is 3.99. The summed E-state index contributed by atoms with van der Waals surface area (Å²) in [4.78, 5) is 4.08. The highest BCUT2D eigenvalue weighted by atomic mass is 35.5. The normalized spacial score (nSPS) is 13.0. The van der Waals surface area contributed by atoms with Gasteiger partial charge >= 0.3 is 0 Å². The minimum atomic E-state index is 0.131. The number of hydrogen-bond donors (Lipinski definition) is 1. The highest BCUT2D eigenvalue weighted by Crippen LogP contribution is 2.01. The summed E-state index contributed by atoms with van der Waals surface area (Å²) in [6.45, 7) is 2.68. The second kappa shape index (κ2) is 3.62. The number of rotatable bonds is 3. The van der Waals surface area contributed by atoms with Crippen LogP contribution >= 0.6 is 11.6 Å². The number of aromatic nitrogens is 2. The van der Waals surface area contributed by atoms with E-state index in [1.165, 1.54) is 0 Å². The third kappa shape index (κ3) is 2.42. The van der Waals surface area contributed by atoms with Crippen molar-refractivity contribution < 1.29 is 0 Å². The highest BCUT2D eigenvalue weighted by molar-refractivity contribution is 6.20. The third-order valence-corrected chi connectivity index (χ3v) is 1.52. The number of nitrogens with zero attached hydrogens (tertiary/aromatic N) is 2. The van der Waals surface area contributed by atoms with Gasteiger partial charge in [0.1, 0.15) is 0 Å². The summed E-state index contributed by atoms with van der Waals surface area (Å²) in [5.41, 5.74) is 0. The summed E-state index contributed by atoms with van der Waals surface area (Å²) in [6, 6.07) is 0. The van der Waals surface area contributed by atoms with Gasteiger partial charge in [-0.25, -0.2) is 4.98 Å². The lowest BCUT2D eigenvalue weighted by Gasteiger charge is -2.06. The fraction of sp³-hybridized carbons (Fsp3) is 0.571. The SMILES string of the molecule is CC(Cl)CNc1nccn1C. The van der Waals surface area contributed by atoms with E-state index in [9.17, 15) is 0 Å². The maximum Gasteiger partial charge on any atom is 0.202 e. The van der Waals surface area contributed by atoms with Crippen molar-refractivity contribution in [2.75, 3.05) is 11.9 Å². The smallest absolute Gasteiger partial charge is 0.202 e. The van der Waals surface area contributed by atoms with E-state index in [4.69, 9.17) is 11.6 Å². The zero-order valence-electron chi connectivity index (χ0n) is 6.71. The summed E-state index contributed by atoms with van der Waals surface area (Å²) >= 11 is 5.75. The van der Waals surface area contributed by atoms with Crippen LogP contribution in [0.25, 0.3) is 0 Å². The van der Waals surface area contributed by atoms with Crippen molar-refractivity contribution in [2.45, 2.75) is 12.3 Å². The van der Waals surface area contributed by atoms with Crippen LogP contribution in [0.4, 0.5) is 5.95 Å². The second-order valence-electron chi connectivity index (χ2n) is 2.52. The molecule has 0 saturated heterocycles. The molecule has 1 atom stereocenters. The van der Waals surface area contributed by atoms with Crippen molar-refractivity contribution in [1.82, 2.24) is 9.55 Å². The largest absolute Gasteiger partial charge is 0.354 e. The van der Waals surface area contributed by atoms with Gasteiger partial charge in [0, 0.05) is 31.4 Å². The Hall–Kier alpha value is -0.700. The number of aryl methyl sites for hydroxylation is 1. The molecule has 0 bridgehead atoms. The van der Waals surface area contributed by atoms with E-state index in [1.807, 2.05) is 24.7 Å². The Morgan fingerprint density at radius 1 is 1.82 bits per heavy atom. The van der Waals surface area contributed by atoms with Crippen molar-refractivity contribution in [3.63, 3.8) is 0 Å². The predicted molar refractivity (Wildman–Crippen MR) is 47.0 cm³/mol. The van der Waals surface area contributed by atoms with Gasteiger partial charge < -0.3 is 9.88 Å². The highest BCUT2D eigenvalue weighted by Gasteiger charge is 1.99. The van der Waals surface area contributed by atoms with Gasteiger partial charge in [0.15, 0.2) is 0 Å². The predicted octanol–water partition coefficient (Wildman–Crippen LogP) is 1.46. The molecular formula is C7H12ClN3. The lowest BCUT2D eigenvalue weighted by Crippen LogP contribution is -2.13. The molecule has 1 rings (SSSR count). The van der Waals surface area contributed by atoms with Gasteiger partial charge in [0.25, 0.3) is 0 Å². The Morgan fingerprint density at radius 3 is 3.00 bits per heavy atom. The fourth-order valence-electron chi connectivity index (χ4n) is 0.768. The molecule has 0 fully saturated rings. The molecule has 1 aromatic rings. The molecule has 4 heteroatoms. The Morgan fingerprint density at radius 2 is 2.55 bits per heavy atom. The van der Waals surface area contributed by atoms with Crippen LogP contribution in [0.3, 0.4) is 0 Å². The average molecular weight is 174 g/mol. The first-order valence-electron chi connectivity index (χ1n) is 3.55. The molecule has 1 heterocycles. The average Bonchev–Trinajstić information content (AvgIpc) is 2.31. The number of alkyl halides is 1. The van der Waals surface area contributed by atoms with Crippen LogP contribution < -0.4 is 5.32 Å². The van der Waals surface area contributed by atoms with E-state index < -0.39 is 0 Å². The molecule has 62 valence electrons. The van der Waals surface area contributed by atoms with Crippen molar-refractivity contribution in [1.29, 1.82) is 0 Å². The lowest BCUT2D eigenvalue weighted by molar-refractivity contribution is 0.883. The fourth-order valence-corrected chi connectivity index (χ4v) is 0.845. The van der Waals surface area contributed by atoms with Crippen LogP contribution in [0, 0.1) is 0 Å². The maximum absolute atomic E-state index is 5.75. The van der Waals surface area contributed by atoms with Crippen molar-refractivity contribution in [3.8, 4) is 0 Å². The standard InChI is InChI=1S/C7H12ClN3/c1-6(8)5-10-7-9-3-4-11(7)2/h3-4,6H,5H2,1-2H3,(H,9,10). The van der Waals surface area contributed by atoms with Crippen LogP contribution in [0.5, 0.6) is 0 Å². The Balaban J connectivity index is 2.44. The molecule has 0 aromatic carbocycles. The number of halogens is 1. The van der Waals surface area contributed by atoms with E-state index in [-0.39, 0.29) is 5.38 Å². The summed E-state index contributed by atoms with van der Waals surface area (Å²) in [6.07, 6.45) is 3.64. The van der Waals surface area contributed by atoms with Gasteiger partial charge in [0.2, 0.25) is 5.95 Å². The van der Waals surface area contributed by atoms with Gasteiger partial charge in [-0.15, -0.1) is 11.6 Å². The van der Waals surface area contributed by atoms with Gasteiger partial charge in [-0.05, 0) is 6.92 Å². The molecule has 0 amide bonds. The van der Waals surface area contributed by atoms with Crippen molar-refractivity contribution in [2.24, 2.45) is 7.05 Å². The summed E-state index contributed by atoms with van der Waals surface area (Å²) < 4.78 is 1.92. The van der Waals surface area contributed by atoms with E-state index in [1.54, 1.807) is 6.20 Å². The van der Waals surface area contributed by atoms with Crippen LogP contribution in [0.1, 0.15) is 6.92 Å². The van der Waals surface area contributed by atoms with E-state index in [0.717, 1.165) is 12.5 Å². The minimum absolute atomic E-state index is 0.131. The van der Waals surface area contributed by atoms with E-state index in [0.29, 0.717) is 0 Å². The van der Waals surface area contributed by atoms with Gasteiger partial charge in [-0.2, -0.15) is 0 Å². The number of hydrogen-bond acceptors (Lipinski definition) is 2. The first kappa shape index (κ1) is 8.40. The number of anilines is 1. The molecule has 0 spiro atoms. The molecule has 1 aromatic heterocycles. The molecule has 0 saturated carbocycles. The lowest BCUT2D eigenvalue weighted by atomic mass is 10.5. The van der Waals surface area contributed by atoms with E-state index in [2.05, 4.69) is 10.3 Å². The van der Waals surface area contributed by atoms with E-state index >= 15 is 0 Å². The molecule has 1 N–H and O–H groups in total. The Kier molecular flexibility index (Phi) is 2.76. The van der Waals surface area contributed by atoms with Crippen LogP contribution in [0.15, 0.2) is 12.4 Å². The van der Waals surface area contributed by atoms with Gasteiger partial charge in [0.05, 0.1) is 0 Å². The molecule has 0 aliphatic heterocycles. The molecule has 1 unspecified atom stereocenters. The summed E-state index contributed by atoms with van der Waals surface area (Å²) in [5, 5.41) is 3.24. The Labute approximate surface area is 71.4 Å². The zero-order chi connectivity index (χ0) is 8.27. The molecular weight excluding hydrogens is 162 g/mol. The molecule has 0 radical (unpaired) electrons. The quantitative estimate of drug-likeness (QED) is 0.702. The summed E-state index contributed by atoms with van der Waals surface area (Å²) in [7, 11) is 1.94. The van der Waals surface area contributed by atoms with Crippen LogP contribution in [-0.2, 0) is 7.05 Å². The third-order valence-electron chi connectivity index (χ3n) is 1.36. The molecule has 3 nitrogen and oxygen atoms in total. The van der Waals surface area contributed by atoms with Gasteiger partial charge in [-0.3, -0.25) is 0 Å². The van der Waals surface area contributed by atoms with Crippen molar-refractivity contribution >= 4 is 17.5 Å². The Bertz CT molecular complexity index is 219.